The topological polar surface area (TPSA) is 17.1 Å². The average Bonchev–Trinajstić information content (AvgIpc) is 2.30. The van der Waals surface area contributed by atoms with Gasteiger partial charge in [-0.25, -0.2) is 4.39 Å². The minimum Gasteiger partial charge on any atom is -0.289 e. The molecular formula is C14H9Br2FO. The number of rotatable bonds is 2. The molecule has 2 aromatic rings. The van der Waals surface area contributed by atoms with Gasteiger partial charge in [-0.2, -0.15) is 0 Å². The van der Waals surface area contributed by atoms with Gasteiger partial charge in [-0.05, 0) is 48.9 Å². The lowest BCUT2D eigenvalue weighted by molar-refractivity contribution is 0.103. The van der Waals surface area contributed by atoms with E-state index in [-0.39, 0.29) is 5.78 Å². The minimum atomic E-state index is -0.399. The van der Waals surface area contributed by atoms with Crippen LogP contribution >= 0.6 is 31.9 Å². The molecule has 0 N–H and O–H groups in total. The van der Waals surface area contributed by atoms with Gasteiger partial charge < -0.3 is 0 Å². The highest BCUT2D eigenvalue weighted by Crippen LogP contribution is 2.24. The van der Waals surface area contributed by atoms with Crippen molar-refractivity contribution in [3.8, 4) is 0 Å². The Bertz CT molecular complexity index is 603. The van der Waals surface area contributed by atoms with Gasteiger partial charge in [0.1, 0.15) is 5.82 Å². The lowest BCUT2D eigenvalue weighted by Crippen LogP contribution is -2.03. The third kappa shape index (κ3) is 2.87. The van der Waals surface area contributed by atoms with Gasteiger partial charge in [0.2, 0.25) is 0 Å². The van der Waals surface area contributed by atoms with Crippen LogP contribution in [0.1, 0.15) is 21.5 Å². The van der Waals surface area contributed by atoms with E-state index in [1.54, 1.807) is 25.1 Å². The molecule has 2 rings (SSSR count). The van der Waals surface area contributed by atoms with Crippen molar-refractivity contribution in [2.24, 2.45) is 0 Å². The number of hydrogen-bond donors (Lipinski definition) is 0. The maximum atomic E-state index is 13.3. The molecular weight excluding hydrogens is 363 g/mol. The van der Waals surface area contributed by atoms with Crippen LogP contribution in [0, 0.1) is 12.7 Å². The first-order valence-electron chi connectivity index (χ1n) is 5.24. The highest BCUT2D eigenvalue weighted by atomic mass is 79.9. The van der Waals surface area contributed by atoms with Crippen LogP contribution in [-0.4, -0.2) is 5.78 Å². The summed E-state index contributed by atoms with van der Waals surface area (Å²) in [5, 5.41) is 0. The quantitative estimate of drug-likeness (QED) is 0.687. The monoisotopic (exact) mass is 370 g/mol. The van der Waals surface area contributed by atoms with Crippen LogP contribution in [0.25, 0.3) is 0 Å². The fraction of sp³-hybridized carbons (Fsp3) is 0.0714. The van der Waals surface area contributed by atoms with E-state index in [1.807, 2.05) is 6.07 Å². The zero-order valence-electron chi connectivity index (χ0n) is 9.51. The summed E-state index contributed by atoms with van der Waals surface area (Å²) in [5.41, 5.74) is 1.59. The number of carbonyl (C=O) groups excluding carboxylic acids is 1. The van der Waals surface area contributed by atoms with Crippen LogP contribution in [0.15, 0.2) is 45.3 Å². The van der Waals surface area contributed by atoms with E-state index < -0.39 is 5.82 Å². The molecule has 0 fully saturated rings. The summed E-state index contributed by atoms with van der Waals surface area (Å²) in [5.74, 6) is -0.602. The van der Waals surface area contributed by atoms with Gasteiger partial charge in [0.15, 0.2) is 5.78 Å². The lowest BCUT2D eigenvalue weighted by atomic mass is 10.0. The van der Waals surface area contributed by atoms with Crippen molar-refractivity contribution in [3.05, 3.63) is 67.9 Å². The molecule has 0 atom stereocenters. The number of halogens is 3. The molecule has 0 saturated carbocycles. The fourth-order valence-electron chi connectivity index (χ4n) is 1.69. The van der Waals surface area contributed by atoms with E-state index in [0.717, 1.165) is 10.0 Å². The lowest BCUT2D eigenvalue weighted by Gasteiger charge is -2.06. The van der Waals surface area contributed by atoms with E-state index in [4.69, 9.17) is 0 Å². The van der Waals surface area contributed by atoms with Crippen LogP contribution in [-0.2, 0) is 0 Å². The molecule has 0 spiro atoms. The Morgan fingerprint density at radius 1 is 1.11 bits per heavy atom. The predicted octanol–water partition coefficient (Wildman–Crippen LogP) is 4.89. The van der Waals surface area contributed by atoms with Gasteiger partial charge in [-0.15, -0.1) is 0 Å². The molecule has 0 unspecified atom stereocenters. The van der Waals surface area contributed by atoms with Gasteiger partial charge in [0.05, 0.1) is 0 Å². The maximum absolute atomic E-state index is 13.3. The van der Waals surface area contributed by atoms with Crippen molar-refractivity contribution < 1.29 is 9.18 Å². The molecule has 92 valence electrons. The second-order valence-electron chi connectivity index (χ2n) is 3.97. The first-order chi connectivity index (χ1) is 8.47. The Labute approximate surface area is 121 Å². The Hall–Kier alpha value is -1.000. The number of benzene rings is 2. The third-order valence-corrected chi connectivity index (χ3v) is 3.66. The summed E-state index contributed by atoms with van der Waals surface area (Å²) in [6.45, 7) is 1.76. The van der Waals surface area contributed by atoms with E-state index >= 15 is 0 Å². The third-order valence-electron chi connectivity index (χ3n) is 2.48. The van der Waals surface area contributed by atoms with Crippen LogP contribution in [0.2, 0.25) is 0 Å². The van der Waals surface area contributed by atoms with Crippen molar-refractivity contribution in [2.75, 3.05) is 0 Å². The summed E-state index contributed by atoms with van der Waals surface area (Å²) >= 11 is 6.65. The van der Waals surface area contributed by atoms with Crippen molar-refractivity contribution in [1.82, 2.24) is 0 Å². The van der Waals surface area contributed by atoms with Gasteiger partial charge in [0, 0.05) is 20.1 Å². The molecule has 0 radical (unpaired) electrons. The standard InChI is InChI=1S/C14H9Br2FO/c1-8-4-9(6-11(17)5-8)14(18)12-7-10(15)2-3-13(12)16/h2-7H,1H3. The largest absolute Gasteiger partial charge is 0.289 e. The Morgan fingerprint density at radius 2 is 1.83 bits per heavy atom. The first-order valence-corrected chi connectivity index (χ1v) is 6.83. The summed E-state index contributed by atoms with van der Waals surface area (Å²) in [4.78, 5) is 12.3. The average molecular weight is 372 g/mol. The van der Waals surface area contributed by atoms with E-state index in [0.29, 0.717) is 15.6 Å². The zero-order valence-corrected chi connectivity index (χ0v) is 12.7. The number of hydrogen-bond acceptors (Lipinski definition) is 1. The van der Waals surface area contributed by atoms with Gasteiger partial charge >= 0.3 is 0 Å². The molecule has 0 aliphatic carbocycles. The predicted molar refractivity (Wildman–Crippen MR) is 76.4 cm³/mol. The molecule has 18 heavy (non-hydrogen) atoms. The maximum Gasteiger partial charge on any atom is 0.194 e. The summed E-state index contributed by atoms with van der Waals surface area (Å²) < 4.78 is 14.8. The molecule has 0 saturated heterocycles. The van der Waals surface area contributed by atoms with Crippen LogP contribution in [0.3, 0.4) is 0 Å². The van der Waals surface area contributed by atoms with Gasteiger partial charge in [0.25, 0.3) is 0 Å². The second kappa shape index (κ2) is 5.33. The van der Waals surface area contributed by atoms with Crippen molar-refractivity contribution in [1.29, 1.82) is 0 Å². The molecule has 4 heteroatoms. The molecule has 2 aromatic carbocycles. The van der Waals surface area contributed by atoms with Crippen molar-refractivity contribution in [2.45, 2.75) is 6.92 Å². The first kappa shape index (κ1) is 13.4. The van der Waals surface area contributed by atoms with Crippen LogP contribution < -0.4 is 0 Å². The summed E-state index contributed by atoms with van der Waals surface area (Å²) in [6.07, 6.45) is 0. The summed E-state index contributed by atoms with van der Waals surface area (Å²) in [7, 11) is 0. The van der Waals surface area contributed by atoms with E-state index in [1.165, 1.54) is 12.1 Å². The highest BCUT2D eigenvalue weighted by Gasteiger charge is 2.14. The van der Waals surface area contributed by atoms with E-state index in [2.05, 4.69) is 31.9 Å². The Balaban J connectivity index is 2.51. The summed E-state index contributed by atoms with van der Waals surface area (Å²) in [6, 6.07) is 9.65. The Morgan fingerprint density at radius 3 is 2.50 bits per heavy atom. The fourth-order valence-corrected chi connectivity index (χ4v) is 2.48. The molecule has 0 aliphatic rings. The number of carbonyl (C=O) groups is 1. The van der Waals surface area contributed by atoms with E-state index in [9.17, 15) is 9.18 Å². The van der Waals surface area contributed by atoms with Crippen LogP contribution in [0.5, 0.6) is 0 Å². The minimum absolute atomic E-state index is 0.203. The molecule has 0 aliphatic heterocycles. The van der Waals surface area contributed by atoms with Gasteiger partial charge in [-0.3, -0.25) is 4.79 Å². The highest BCUT2D eigenvalue weighted by molar-refractivity contribution is 9.11. The van der Waals surface area contributed by atoms with Crippen molar-refractivity contribution in [3.63, 3.8) is 0 Å². The molecule has 0 amide bonds. The Kier molecular flexibility index (Phi) is 3.97. The molecule has 0 heterocycles. The smallest absolute Gasteiger partial charge is 0.194 e. The number of aryl methyl sites for hydroxylation is 1. The zero-order chi connectivity index (χ0) is 13.3. The normalized spacial score (nSPS) is 10.4. The molecule has 0 aromatic heterocycles. The van der Waals surface area contributed by atoms with Crippen LogP contribution in [0.4, 0.5) is 4.39 Å². The van der Waals surface area contributed by atoms with Crippen molar-refractivity contribution >= 4 is 37.6 Å². The SMILES string of the molecule is Cc1cc(F)cc(C(=O)c2cc(Br)ccc2Br)c1. The second-order valence-corrected chi connectivity index (χ2v) is 5.74. The van der Waals surface area contributed by atoms with Gasteiger partial charge in [-0.1, -0.05) is 31.9 Å². The molecule has 1 nitrogen and oxygen atoms in total. The number of ketones is 1. The molecule has 0 bridgehead atoms.